The number of rotatable bonds is 5. The van der Waals surface area contributed by atoms with E-state index < -0.39 is 17.9 Å². The predicted octanol–water partition coefficient (Wildman–Crippen LogP) is 2.96. The van der Waals surface area contributed by atoms with Crippen molar-refractivity contribution in [1.29, 1.82) is 0 Å². The molecule has 0 fully saturated rings. The summed E-state index contributed by atoms with van der Waals surface area (Å²) in [5.41, 5.74) is 2.08. The summed E-state index contributed by atoms with van der Waals surface area (Å²) in [5.74, 6) is -1.62. The molecule has 2 rings (SSSR count). The van der Waals surface area contributed by atoms with Gasteiger partial charge in [-0.15, -0.1) is 11.3 Å². The van der Waals surface area contributed by atoms with Gasteiger partial charge in [0, 0.05) is 16.5 Å². The van der Waals surface area contributed by atoms with Gasteiger partial charge in [0.2, 0.25) is 0 Å². The number of aromatic nitrogens is 1. The van der Waals surface area contributed by atoms with Crippen molar-refractivity contribution in [3.63, 3.8) is 0 Å². The van der Waals surface area contributed by atoms with Crippen LogP contribution in [-0.4, -0.2) is 28.0 Å². The molecule has 0 aliphatic rings. The summed E-state index contributed by atoms with van der Waals surface area (Å²) >= 11 is 1.54. The van der Waals surface area contributed by atoms with Gasteiger partial charge in [0.25, 0.3) is 5.91 Å². The number of carboxylic acid groups (broad SMARTS) is 1. The Balaban J connectivity index is 2.22. The fourth-order valence-corrected chi connectivity index (χ4v) is 2.68. The topological polar surface area (TPSA) is 79.3 Å². The third-order valence-electron chi connectivity index (χ3n) is 3.26. The predicted molar refractivity (Wildman–Crippen MR) is 86.0 cm³/mol. The summed E-state index contributed by atoms with van der Waals surface area (Å²) in [4.78, 5) is 27.8. The van der Waals surface area contributed by atoms with Crippen molar-refractivity contribution >= 4 is 23.2 Å². The van der Waals surface area contributed by atoms with E-state index in [9.17, 15) is 9.59 Å². The van der Waals surface area contributed by atoms with Crippen LogP contribution in [0.1, 0.15) is 29.2 Å². The van der Waals surface area contributed by atoms with Crippen molar-refractivity contribution in [3.05, 3.63) is 40.2 Å². The molecule has 2 aromatic rings. The molecule has 0 spiro atoms. The number of carboxylic acids is 1. The van der Waals surface area contributed by atoms with E-state index in [-0.39, 0.29) is 5.92 Å². The molecule has 1 amide bonds. The van der Waals surface area contributed by atoms with E-state index in [0.717, 1.165) is 16.3 Å². The van der Waals surface area contributed by atoms with Crippen molar-refractivity contribution in [2.45, 2.75) is 26.8 Å². The monoisotopic (exact) mass is 318 g/mol. The quantitative estimate of drug-likeness (QED) is 0.888. The van der Waals surface area contributed by atoms with Crippen LogP contribution in [0.5, 0.6) is 0 Å². The maximum atomic E-state index is 12.3. The Labute approximate surface area is 133 Å². The van der Waals surface area contributed by atoms with Gasteiger partial charge in [0.15, 0.2) is 0 Å². The highest BCUT2D eigenvalue weighted by molar-refractivity contribution is 7.09. The van der Waals surface area contributed by atoms with Gasteiger partial charge < -0.3 is 10.4 Å². The summed E-state index contributed by atoms with van der Waals surface area (Å²) in [5, 5.41) is 14.6. The minimum Gasteiger partial charge on any atom is -0.480 e. The van der Waals surface area contributed by atoms with Gasteiger partial charge in [0.05, 0.1) is 10.7 Å². The molecule has 1 aromatic heterocycles. The average molecular weight is 318 g/mol. The van der Waals surface area contributed by atoms with Crippen molar-refractivity contribution in [2.24, 2.45) is 5.92 Å². The summed E-state index contributed by atoms with van der Waals surface area (Å²) in [6.07, 6.45) is 0. The first-order valence-corrected chi connectivity index (χ1v) is 7.82. The number of thiazole rings is 1. The van der Waals surface area contributed by atoms with E-state index in [1.807, 2.05) is 18.4 Å². The Hall–Kier alpha value is -2.21. The number of aliphatic carboxylic acids is 1. The number of nitrogens with one attached hydrogen (secondary N) is 1. The second kappa shape index (κ2) is 6.70. The molecule has 0 saturated heterocycles. The lowest BCUT2D eigenvalue weighted by Gasteiger charge is -2.18. The SMILES string of the molecule is Cc1nc(-c2cccc(C(=O)NC(C(=O)O)C(C)C)c2)cs1. The standard InChI is InChI=1S/C16H18N2O3S/c1-9(2)14(16(20)21)18-15(19)12-6-4-5-11(7-12)13-8-22-10(3)17-13/h4-9,14H,1-3H3,(H,18,19)(H,20,21). The molecule has 0 aliphatic heterocycles. The molecule has 0 radical (unpaired) electrons. The highest BCUT2D eigenvalue weighted by Gasteiger charge is 2.24. The van der Waals surface area contributed by atoms with Gasteiger partial charge in [-0.2, -0.15) is 0 Å². The first-order chi connectivity index (χ1) is 10.4. The van der Waals surface area contributed by atoms with Crippen LogP contribution in [0, 0.1) is 12.8 Å². The Morgan fingerprint density at radius 3 is 2.59 bits per heavy atom. The molecular formula is C16H18N2O3S. The second-order valence-corrected chi connectivity index (χ2v) is 6.43. The average Bonchev–Trinajstić information content (AvgIpc) is 2.90. The number of carbonyl (C=O) groups excluding carboxylic acids is 1. The molecule has 1 atom stereocenters. The van der Waals surface area contributed by atoms with Crippen LogP contribution >= 0.6 is 11.3 Å². The van der Waals surface area contributed by atoms with Crippen LogP contribution < -0.4 is 5.32 Å². The number of hydrogen-bond donors (Lipinski definition) is 2. The van der Waals surface area contributed by atoms with E-state index in [0.29, 0.717) is 5.56 Å². The van der Waals surface area contributed by atoms with E-state index in [4.69, 9.17) is 5.11 Å². The van der Waals surface area contributed by atoms with Gasteiger partial charge in [-0.3, -0.25) is 4.79 Å². The Morgan fingerprint density at radius 2 is 2.05 bits per heavy atom. The number of benzene rings is 1. The van der Waals surface area contributed by atoms with E-state index in [1.165, 1.54) is 0 Å². The fraction of sp³-hybridized carbons (Fsp3) is 0.312. The lowest BCUT2D eigenvalue weighted by molar-refractivity contribution is -0.140. The zero-order chi connectivity index (χ0) is 16.3. The number of amides is 1. The maximum Gasteiger partial charge on any atom is 0.326 e. The molecule has 2 N–H and O–H groups in total. The van der Waals surface area contributed by atoms with E-state index in [2.05, 4.69) is 10.3 Å². The summed E-state index contributed by atoms with van der Waals surface area (Å²) < 4.78 is 0. The van der Waals surface area contributed by atoms with E-state index in [1.54, 1.807) is 43.4 Å². The number of nitrogens with zero attached hydrogens (tertiary/aromatic N) is 1. The first-order valence-electron chi connectivity index (χ1n) is 6.94. The number of carbonyl (C=O) groups is 2. The molecule has 1 heterocycles. The zero-order valence-corrected chi connectivity index (χ0v) is 13.5. The molecule has 0 bridgehead atoms. The summed E-state index contributed by atoms with van der Waals surface area (Å²) in [7, 11) is 0. The van der Waals surface area contributed by atoms with Crippen LogP contribution in [-0.2, 0) is 4.79 Å². The third-order valence-corrected chi connectivity index (χ3v) is 4.03. The van der Waals surface area contributed by atoms with Crippen LogP contribution in [0.3, 0.4) is 0 Å². The largest absolute Gasteiger partial charge is 0.480 e. The van der Waals surface area contributed by atoms with Crippen LogP contribution in [0.2, 0.25) is 0 Å². The van der Waals surface area contributed by atoms with Crippen molar-refractivity contribution in [3.8, 4) is 11.3 Å². The van der Waals surface area contributed by atoms with Gasteiger partial charge >= 0.3 is 5.97 Å². The Bertz CT molecular complexity index is 694. The van der Waals surface area contributed by atoms with Gasteiger partial charge in [-0.1, -0.05) is 26.0 Å². The fourth-order valence-electron chi connectivity index (χ4n) is 2.05. The molecule has 0 saturated carbocycles. The highest BCUT2D eigenvalue weighted by atomic mass is 32.1. The zero-order valence-electron chi connectivity index (χ0n) is 12.7. The van der Waals surface area contributed by atoms with Gasteiger partial charge in [-0.05, 0) is 25.0 Å². The molecule has 6 heteroatoms. The molecule has 116 valence electrons. The van der Waals surface area contributed by atoms with Crippen molar-refractivity contribution in [1.82, 2.24) is 10.3 Å². The Kier molecular flexibility index (Phi) is 4.92. The first kappa shape index (κ1) is 16.2. The number of hydrogen-bond acceptors (Lipinski definition) is 4. The van der Waals surface area contributed by atoms with Gasteiger partial charge in [0.1, 0.15) is 6.04 Å². The van der Waals surface area contributed by atoms with Crippen molar-refractivity contribution in [2.75, 3.05) is 0 Å². The third kappa shape index (κ3) is 3.71. The molecule has 0 aliphatic carbocycles. The molecule has 22 heavy (non-hydrogen) atoms. The van der Waals surface area contributed by atoms with Crippen LogP contribution in [0.25, 0.3) is 11.3 Å². The lowest BCUT2D eigenvalue weighted by Crippen LogP contribution is -2.44. The minimum absolute atomic E-state index is 0.189. The Morgan fingerprint density at radius 1 is 1.32 bits per heavy atom. The van der Waals surface area contributed by atoms with Gasteiger partial charge in [-0.25, -0.2) is 9.78 Å². The lowest BCUT2D eigenvalue weighted by atomic mass is 10.0. The van der Waals surface area contributed by atoms with Crippen LogP contribution in [0.15, 0.2) is 29.6 Å². The molecule has 1 unspecified atom stereocenters. The molecular weight excluding hydrogens is 300 g/mol. The maximum absolute atomic E-state index is 12.3. The smallest absolute Gasteiger partial charge is 0.326 e. The normalized spacial score (nSPS) is 12.2. The molecule has 5 nitrogen and oxygen atoms in total. The highest BCUT2D eigenvalue weighted by Crippen LogP contribution is 2.22. The van der Waals surface area contributed by atoms with Crippen LogP contribution in [0.4, 0.5) is 0 Å². The number of aryl methyl sites for hydroxylation is 1. The minimum atomic E-state index is -1.03. The molecule has 1 aromatic carbocycles. The summed E-state index contributed by atoms with van der Waals surface area (Å²) in [6, 6.07) is 6.13. The van der Waals surface area contributed by atoms with E-state index >= 15 is 0 Å². The second-order valence-electron chi connectivity index (χ2n) is 5.37. The summed E-state index contributed by atoms with van der Waals surface area (Å²) in [6.45, 7) is 5.44. The van der Waals surface area contributed by atoms with Crippen molar-refractivity contribution < 1.29 is 14.7 Å².